The third-order valence-electron chi connectivity index (χ3n) is 4.76. The number of ether oxygens (including phenoxy) is 1. The lowest BCUT2D eigenvalue weighted by molar-refractivity contribution is -0.134. The highest BCUT2D eigenvalue weighted by Crippen LogP contribution is 2.28. The molecule has 2 atom stereocenters. The number of nitrogens with zero attached hydrogens (tertiary/aromatic N) is 1. The van der Waals surface area contributed by atoms with Gasteiger partial charge in [-0.25, -0.2) is 5.48 Å². The molecule has 0 aromatic heterocycles. The van der Waals surface area contributed by atoms with Gasteiger partial charge in [0.2, 0.25) is 0 Å². The van der Waals surface area contributed by atoms with Crippen LogP contribution in [-0.2, 0) is 16.2 Å². The van der Waals surface area contributed by atoms with Gasteiger partial charge in [-0.05, 0) is 60.2 Å². The maximum Gasteiger partial charge on any atom is 0.265 e. The molecule has 0 aliphatic carbocycles. The first-order valence-electron chi connectivity index (χ1n) is 10.1. The van der Waals surface area contributed by atoms with Crippen LogP contribution >= 0.6 is 0 Å². The van der Waals surface area contributed by atoms with Crippen LogP contribution in [0.3, 0.4) is 0 Å². The van der Waals surface area contributed by atoms with E-state index in [4.69, 9.17) is 4.74 Å². The van der Waals surface area contributed by atoms with Crippen LogP contribution in [0.1, 0.15) is 41.0 Å². The van der Waals surface area contributed by atoms with Crippen molar-refractivity contribution in [1.82, 2.24) is 9.79 Å². The maximum atomic E-state index is 13.5. The topological polar surface area (TPSA) is 84.9 Å². The lowest BCUT2D eigenvalue weighted by Gasteiger charge is -2.32. The van der Waals surface area contributed by atoms with E-state index in [-0.39, 0.29) is 5.92 Å². The van der Waals surface area contributed by atoms with Crippen LogP contribution in [0.4, 0.5) is 0 Å². The third kappa shape index (κ3) is 6.09. The number of hydrogen-bond acceptors (Lipinski definition) is 5. The largest absolute Gasteiger partial charge is 0.593 e. The molecule has 2 rings (SSSR count). The van der Waals surface area contributed by atoms with Gasteiger partial charge in [0.05, 0.1) is 18.0 Å². The first-order chi connectivity index (χ1) is 13.8. The number of rotatable bonds is 10. The lowest BCUT2D eigenvalue weighted by atomic mass is 10.0. The van der Waals surface area contributed by atoms with E-state index >= 15 is 0 Å². The molecule has 160 valence electrons. The standard InChI is InChI=1S/C22H32N2O4S/c1-6-28-19-9-7-18-14-20(10-8-17(18)13-19)29(27)24(12-11-15(2)3)21(16(4)5)22(25)23-26/h7-10,13-16,21,26H,6,11-12H2,1-5H3,(H,23,25)/t21-,29?/m1/s1. The smallest absolute Gasteiger partial charge is 0.265 e. The highest BCUT2D eigenvalue weighted by Gasteiger charge is 2.37. The Morgan fingerprint density at radius 1 is 1.17 bits per heavy atom. The first-order valence-corrected chi connectivity index (χ1v) is 11.2. The first kappa shape index (κ1) is 23.5. The molecule has 0 aliphatic rings. The highest BCUT2D eigenvalue weighted by atomic mass is 32.2. The zero-order valence-electron chi connectivity index (χ0n) is 17.8. The Bertz CT molecular complexity index is 812. The normalized spacial score (nSPS) is 13.9. The second kappa shape index (κ2) is 10.8. The summed E-state index contributed by atoms with van der Waals surface area (Å²) in [6, 6.07) is 10.7. The van der Waals surface area contributed by atoms with E-state index in [1.54, 1.807) is 9.79 Å². The number of benzene rings is 2. The van der Waals surface area contributed by atoms with E-state index in [0.717, 1.165) is 22.9 Å². The second-order valence-corrected chi connectivity index (χ2v) is 9.28. The Morgan fingerprint density at radius 2 is 1.83 bits per heavy atom. The van der Waals surface area contributed by atoms with Crippen molar-refractivity contribution in [2.75, 3.05) is 13.2 Å². The molecule has 7 heteroatoms. The van der Waals surface area contributed by atoms with Crippen molar-refractivity contribution < 1.29 is 19.3 Å². The van der Waals surface area contributed by atoms with Gasteiger partial charge in [-0.3, -0.25) is 10.0 Å². The van der Waals surface area contributed by atoms with E-state index in [1.165, 1.54) is 0 Å². The molecule has 0 spiro atoms. The summed E-state index contributed by atoms with van der Waals surface area (Å²) < 4.78 is 20.7. The van der Waals surface area contributed by atoms with Gasteiger partial charge in [0, 0.05) is 12.6 Å². The third-order valence-corrected chi connectivity index (χ3v) is 6.25. The molecule has 0 radical (unpaired) electrons. The Labute approximate surface area is 176 Å². The average Bonchev–Trinajstić information content (AvgIpc) is 2.69. The fourth-order valence-corrected chi connectivity index (χ4v) is 4.74. The Hall–Kier alpha value is -1.80. The van der Waals surface area contributed by atoms with Crippen LogP contribution in [0.25, 0.3) is 10.8 Å². The van der Waals surface area contributed by atoms with Crippen molar-refractivity contribution in [2.24, 2.45) is 11.8 Å². The van der Waals surface area contributed by atoms with Crippen molar-refractivity contribution >= 4 is 28.0 Å². The summed E-state index contributed by atoms with van der Waals surface area (Å²) in [6.45, 7) is 11.0. The van der Waals surface area contributed by atoms with Gasteiger partial charge in [0.25, 0.3) is 5.91 Å². The molecule has 2 N–H and O–H groups in total. The predicted molar refractivity (Wildman–Crippen MR) is 116 cm³/mol. The Kier molecular flexibility index (Phi) is 8.77. The minimum Gasteiger partial charge on any atom is -0.593 e. The van der Waals surface area contributed by atoms with Crippen LogP contribution in [0, 0.1) is 11.8 Å². The van der Waals surface area contributed by atoms with Gasteiger partial charge in [-0.2, -0.15) is 0 Å². The van der Waals surface area contributed by atoms with Crippen LogP contribution in [-0.4, -0.2) is 39.2 Å². The minimum atomic E-state index is -1.55. The molecule has 0 bridgehead atoms. The number of fused-ring (bicyclic) bond motifs is 1. The quantitative estimate of drug-likeness (QED) is 0.343. The predicted octanol–water partition coefficient (Wildman–Crippen LogP) is 4.14. The monoisotopic (exact) mass is 420 g/mol. The molecule has 6 nitrogen and oxygen atoms in total. The Morgan fingerprint density at radius 3 is 2.41 bits per heavy atom. The summed E-state index contributed by atoms with van der Waals surface area (Å²) in [6.07, 6.45) is 0.791. The molecule has 29 heavy (non-hydrogen) atoms. The van der Waals surface area contributed by atoms with E-state index in [9.17, 15) is 14.6 Å². The number of hydroxylamine groups is 1. The fraction of sp³-hybridized carbons (Fsp3) is 0.500. The van der Waals surface area contributed by atoms with Crippen molar-refractivity contribution in [1.29, 1.82) is 0 Å². The van der Waals surface area contributed by atoms with Crippen LogP contribution in [0.2, 0.25) is 0 Å². The highest BCUT2D eigenvalue weighted by molar-refractivity contribution is 7.89. The molecular formula is C22H32N2O4S. The van der Waals surface area contributed by atoms with Gasteiger partial charge in [0.1, 0.15) is 11.8 Å². The zero-order valence-corrected chi connectivity index (χ0v) is 18.7. The van der Waals surface area contributed by atoms with Gasteiger partial charge in [-0.1, -0.05) is 33.8 Å². The summed E-state index contributed by atoms with van der Waals surface area (Å²) in [5.74, 6) is 0.534. The Balaban J connectivity index is 2.38. The molecule has 0 saturated heterocycles. The zero-order chi connectivity index (χ0) is 21.6. The van der Waals surface area contributed by atoms with Crippen molar-refractivity contribution in [3.05, 3.63) is 36.4 Å². The minimum absolute atomic E-state index is 0.118. The van der Waals surface area contributed by atoms with Crippen LogP contribution in [0.15, 0.2) is 41.3 Å². The number of amides is 1. The van der Waals surface area contributed by atoms with Crippen molar-refractivity contribution in [2.45, 2.75) is 52.0 Å². The average molecular weight is 421 g/mol. The molecule has 0 saturated carbocycles. The van der Waals surface area contributed by atoms with Crippen LogP contribution in [0.5, 0.6) is 5.75 Å². The second-order valence-electron chi connectivity index (χ2n) is 7.84. The summed E-state index contributed by atoms with van der Waals surface area (Å²) >= 11 is -1.55. The van der Waals surface area contributed by atoms with E-state index in [1.807, 2.05) is 57.2 Å². The lowest BCUT2D eigenvalue weighted by Crippen LogP contribution is -2.52. The number of hydrogen-bond donors (Lipinski definition) is 2. The fourth-order valence-electron chi connectivity index (χ4n) is 3.25. The van der Waals surface area contributed by atoms with Gasteiger partial charge in [0.15, 0.2) is 4.90 Å². The number of nitrogens with one attached hydrogen (secondary N) is 1. The molecule has 2 aromatic rings. The van der Waals surface area contributed by atoms with E-state index < -0.39 is 23.3 Å². The molecule has 0 fully saturated rings. The van der Waals surface area contributed by atoms with Gasteiger partial charge < -0.3 is 9.29 Å². The summed E-state index contributed by atoms with van der Waals surface area (Å²) in [5, 5.41) is 11.2. The summed E-state index contributed by atoms with van der Waals surface area (Å²) in [5.41, 5.74) is 1.74. The summed E-state index contributed by atoms with van der Waals surface area (Å²) in [4.78, 5) is 13.0. The van der Waals surface area contributed by atoms with E-state index in [0.29, 0.717) is 24.0 Å². The molecule has 1 amide bonds. The van der Waals surface area contributed by atoms with Crippen molar-refractivity contribution in [3.8, 4) is 5.75 Å². The SMILES string of the molecule is CCOc1ccc2cc([S+]([O-])N(CCC(C)C)[C@@H](C(=O)NO)C(C)C)ccc2c1. The molecular weight excluding hydrogens is 388 g/mol. The number of carbonyl (C=O) groups excluding carboxylic acids is 1. The van der Waals surface area contributed by atoms with Crippen LogP contribution < -0.4 is 10.2 Å². The van der Waals surface area contributed by atoms with Gasteiger partial charge >= 0.3 is 0 Å². The number of carbonyl (C=O) groups is 1. The van der Waals surface area contributed by atoms with Gasteiger partial charge in [-0.15, -0.1) is 4.31 Å². The molecule has 2 aromatic carbocycles. The van der Waals surface area contributed by atoms with E-state index in [2.05, 4.69) is 13.8 Å². The maximum absolute atomic E-state index is 13.5. The summed E-state index contributed by atoms with van der Waals surface area (Å²) in [7, 11) is 0. The van der Waals surface area contributed by atoms with Crippen molar-refractivity contribution in [3.63, 3.8) is 0 Å². The molecule has 0 heterocycles. The molecule has 0 aliphatic heterocycles. The molecule has 1 unspecified atom stereocenters.